The lowest BCUT2D eigenvalue weighted by Crippen LogP contribution is -2.57. The molecular formula is C21H23FN4O5. The molecule has 0 amide bonds. The topological polar surface area (TPSA) is 99.9 Å². The summed E-state index contributed by atoms with van der Waals surface area (Å²) in [5.74, 6) is 0.716. The first kappa shape index (κ1) is 20.1. The van der Waals surface area contributed by atoms with Crippen molar-refractivity contribution in [2.24, 2.45) is 0 Å². The van der Waals surface area contributed by atoms with Crippen LogP contribution >= 0.6 is 0 Å². The summed E-state index contributed by atoms with van der Waals surface area (Å²) in [7, 11) is 3.12. The minimum Gasteiger partial charge on any atom is -0.493 e. The average Bonchev–Trinajstić information content (AvgIpc) is 3.39. The van der Waals surface area contributed by atoms with Gasteiger partial charge in [-0.1, -0.05) is 0 Å². The number of nitrogens with one attached hydrogen (secondary N) is 1. The summed E-state index contributed by atoms with van der Waals surface area (Å²) in [4.78, 5) is 8.22. The number of halogens is 1. The molecule has 0 spiro atoms. The number of aromatic nitrogens is 3. The fourth-order valence-electron chi connectivity index (χ4n) is 4.32. The lowest BCUT2D eigenvalue weighted by molar-refractivity contribution is -0.164. The molecule has 4 heterocycles. The minimum atomic E-state index is -0.860. The van der Waals surface area contributed by atoms with E-state index in [0.717, 1.165) is 5.52 Å². The van der Waals surface area contributed by atoms with Gasteiger partial charge in [0.2, 0.25) is 0 Å². The number of pyridine rings is 1. The van der Waals surface area contributed by atoms with Crippen LogP contribution in [0.1, 0.15) is 11.6 Å². The molecule has 5 atom stereocenters. The second-order valence-electron chi connectivity index (χ2n) is 7.58. The highest BCUT2D eigenvalue weighted by molar-refractivity contribution is 5.80. The van der Waals surface area contributed by atoms with E-state index in [9.17, 15) is 9.50 Å². The molecule has 2 aromatic heterocycles. The van der Waals surface area contributed by atoms with E-state index in [-0.39, 0.29) is 12.6 Å². The molecule has 31 heavy (non-hydrogen) atoms. The molecule has 1 aromatic carbocycles. The third-order valence-electron chi connectivity index (χ3n) is 5.92. The SMILES string of the molecule is COc1cc2ncn(C3C4OCC(O4)C(NCc4ccncc4F)C3O)c2cc1OC. The van der Waals surface area contributed by atoms with Crippen molar-refractivity contribution in [1.82, 2.24) is 19.9 Å². The van der Waals surface area contributed by atoms with Gasteiger partial charge in [-0.25, -0.2) is 9.37 Å². The molecule has 164 valence electrons. The highest BCUT2D eigenvalue weighted by atomic mass is 19.1. The van der Waals surface area contributed by atoms with E-state index in [0.29, 0.717) is 29.2 Å². The molecule has 10 heteroatoms. The lowest BCUT2D eigenvalue weighted by Gasteiger charge is -2.39. The molecular weight excluding hydrogens is 407 g/mol. The van der Waals surface area contributed by atoms with Gasteiger partial charge in [0.25, 0.3) is 0 Å². The van der Waals surface area contributed by atoms with Crippen LogP contribution in [0.3, 0.4) is 0 Å². The predicted octanol–water partition coefficient (Wildman–Crippen LogP) is 1.40. The third-order valence-corrected chi connectivity index (χ3v) is 5.92. The fraction of sp³-hybridized carbons (Fsp3) is 0.429. The van der Waals surface area contributed by atoms with Crippen LogP contribution in [0.25, 0.3) is 11.0 Å². The predicted molar refractivity (Wildman–Crippen MR) is 107 cm³/mol. The van der Waals surface area contributed by atoms with Gasteiger partial charge in [-0.05, 0) is 6.07 Å². The first-order chi connectivity index (χ1) is 15.1. The molecule has 9 nitrogen and oxygen atoms in total. The Hall–Kier alpha value is -2.79. The van der Waals surface area contributed by atoms with E-state index in [1.54, 1.807) is 32.7 Å². The van der Waals surface area contributed by atoms with E-state index >= 15 is 0 Å². The third kappa shape index (κ3) is 3.41. The highest BCUT2D eigenvalue weighted by Gasteiger charge is 2.51. The van der Waals surface area contributed by atoms with Crippen molar-refractivity contribution >= 4 is 11.0 Å². The molecule has 2 aliphatic heterocycles. The summed E-state index contributed by atoms with van der Waals surface area (Å²) in [6.07, 6.45) is 2.52. The van der Waals surface area contributed by atoms with E-state index < -0.39 is 30.3 Å². The van der Waals surface area contributed by atoms with Crippen molar-refractivity contribution in [3.63, 3.8) is 0 Å². The van der Waals surface area contributed by atoms with Crippen molar-refractivity contribution in [3.8, 4) is 11.5 Å². The van der Waals surface area contributed by atoms with Crippen LogP contribution in [-0.4, -0.2) is 65.0 Å². The molecule has 5 rings (SSSR count). The van der Waals surface area contributed by atoms with E-state index in [2.05, 4.69) is 15.3 Å². The number of imidazole rings is 1. The second-order valence-corrected chi connectivity index (χ2v) is 7.58. The van der Waals surface area contributed by atoms with Crippen LogP contribution in [0.4, 0.5) is 4.39 Å². The van der Waals surface area contributed by atoms with Crippen molar-refractivity contribution in [2.45, 2.75) is 37.1 Å². The number of nitrogens with zero attached hydrogens (tertiary/aromatic N) is 3. The van der Waals surface area contributed by atoms with Crippen molar-refractivity contribution < 1.29 is 28.4 Å². The largest absolute Gasteiger partial charge is 0.493 e. The molecule has 2 saturated heterocycles. The summed E-state index contributed by atoms with van der Waals surface area (Å²) in [5.41, 5.74) is 1.90. The number of aliphatic hydroxyl groups excluding tert-OH is 1. The Labute approximate surface area is 177 Å². The molecule has 3 aromatic rings. The van der Waals surface area contributed by atoms with Crippen molar-refractivity contribution in [2.75, 3.05) is 20.8 Å². The summed E-state index contributed by atoms with van der Waals surface area (Å²) < 4.78 is 38.4. The Bertz CT molecular complexity index is 1090. The molecule has 2 bridgehead atoms. The van der Waals surface area contributed by atoms with Gasteiger partial charge in [-0.2, -0.15) is 0 Å². The number of fused-ring (bicyclic) bond motifs is 3. The number of methoxy groups -OCH3 is 2. The Morgan fingerprint density at radius 3 is 2.87 bits per heavy atom. The van der Waals surface area contributed by atoms with Gasteiger partial charge < -0.3 is 33.9 Å². The quantitative estimate of drug-likeness (QED) is 0.606. The van der Waals surface area contributed by atoms with Crippen LogP contribution in [0.2, 0.25) is 0 Å². The van der Waals surface area contributed by atoms with Gasteiger partial charge in [-0.15, -0.1) is 0 Å². The number of ether oxygens (including phenoxy) is 4. The number of hydrogen-bond acceptors (Lipinski definition) is 8. The maximum absolute atomic E-state index is 14.0. The standard InChI is InChI=1S/C21H23FN4O5/c1-28-15-5-13-14(6-16(15)29-2)26(10-25-13)19-20(27)18(17-9-30-21(19)31-17)24-7-11-3-4-23-8-12(11)22/h3-6,8,10,17-21,24,27H,7,9H2,1-2H3. The number of benzene rings is 1. The van der Waals surface area contributed by atoms with Crippen LogP contribution in [0.5, 0.6) is 11.5 Å². The maximum atomic E-state index is 14.0. The fourth-order valence-corrected chi connectivity index (χ4v) is 4.32. The average molecular weight is 430 g/mol. The van der Waals surface area contributed by atoms with Crippen LogP contribution < -0.4 is 14.8 Å². The molecule has 0 saturated carbocycles. The van der Waals surface area contributed by atoms with Crippen molar-refractivity contribution in [1.29, 1.82) is 0 Å². The summed E-state index contributed by atoms with van der Waals surface area (Å²) in [5, 5.41) is 14.5. The number of aliphatic hydroxyl groups is 1. The minimum absolute atomic E-state index is 0.225. The van der Waals surface area contributed by atoms with Gasteiger partial charge in [0, 0.05) is 30.4 Å². The summed E-state index contributed by atoms with van der Waals surface area (Å²) in [6.45, 7) is 0.557. The molecule has 2 fully saturated rings. The molecule has 2 aliphatic rings. The number of hydrogen-bond donors (Lipinski definition) is 2. The van der Waals surface area contributed by atoms with Crippen LogP contribution in [0.15, 0.2) is 36.9 Å². The molecule has 0 radical (unpaired) electrons. The Balaban J connectivity index is 1.46. The van der Waals surface area contributed by atoms with Gasteiger partial charge in [-0.3, -0.25) is 4.98 Å². The highest BCUT2D eigenvalue weighted by Crippen LogP contribution is 2.39. The van der Waals surface area contributed by atoms with Crippen LogP contribution in [-0.2, 0) is 16.0 Å². The normalized spacial score (nSPS) is 27.5. The zero-order valence-electron chi connectivity index (χ0n) is 17.1. The Morgan fingerprint density at radius 1 is 1.29 bits per heavy atom. The second kappa shape index (κ2) is 8.04. The monoisotopic (exact) mass is 430 g/mol. The van der Waals surface area contributed by atoms with Crippen LogP contribution in [0, 0.1) is 5.82 Å². The lowest BCUT2D eigenvalue weighted by atomic mass is 9.95. The molecule has 0 aliphatic carbocycles. The first-order valence-electron chi connectivity index (χ1n) is 9.96. The zero-order valence-corrected chi connectivity index (χ0v) is 17.1. The van der Waals surface area contributed by atoms with Gasteiger partial charge >= 0.3 is 0 Å². The summed E-state index contributed by atoms with van der Waals surface area (Å²) in [6, 6.07) is 4.17. The van der Waals surface area contributed by atoms with E-state index in [1.807, 2.05) is 10.6 Å². The van der Waals surface area contributed by atoms with Crippen molar-refractivity contribution in [3.05, 3.63) is 48.3 Å². The smallest absolute Gasteiger partial charge is 0.181 e. The van der Waals surface area contributed by atoms with E-state index in [4.69, 9.17) is 18.9 Å². The van der Waals surface area contributed by atoms with Gasteiger partial charge in [0.15, 0.2) is 17.8 Å². The van der Waals surface area contributed by atoms with E-state index in [1.165, 1.54) is 12.4 Å². The zero-order chi connectivity index (χ0) is 21.5. The Morgan fingerprint density at radius 2 is 2.10 bits per heavy atom. The van der Waals surface area contributed by atoms with Gasteiger partial charge in [0.1, 0.15) is 18.0 Å². The first-order valence-corrected chi connectivity index (χ1v) is 9.96. The number of rotatable bonds is 6. The van der Waals surface area contributed by atoms with Gasteiger partial charge in [0.05, 0.1) is 56.5 Å². The molecule has 5 unspecified atom stereocenters. The Kier molecular flexibility index (Phi) is 5.22. The summed E-state index contributed by atoms with van der Waals surface area (Å²) >= 11 is 0. The maximum Gasteiger partial charge on any atom is 0.181 e. The molecule has 2 N–H and O–H groups in total.